The van der Waals surface area contributed by atoms with Gasteiger partial charge >= 0.3 is 0 Å². The van der Waals surface area contributed by atoms with Crippen molar-refractivity contribution in [2.75, 3.05) is 26.9 Å². The molecule has 3 nitrogen and oxygen atoms in total. The summed E-state index contributed by atoms with van der Waals surface area (Å²) in [7, 11) is 1.70. The van der Waals surface area contributed by atoms with Crippen molar-refractivity contribution in [2.24, 2.45) is 0 Å². The van der Waals surface area contributed by atoms with E-state index in [0.29, 0.717) is 0 Å². The Hall–Kier alpha value is -1.55. The van der Waals surface area contributed by atoms with Crippen molar-refractivity contribution in [1.82, 2.24) is 5.32 Å². The Morgan fingerprint density at radius 3 is 2.58 bits per heavy atom. The molecule has 1 N–H and O–H groups in total. The average molecular weight is 346 g/mol. The monoisotopic (exact) mass is 345 g/mol. The Bertz CT molecular complexity index is 651. The van der Waals surface area contributed by atoms with Crippen LogP contribution in [0.4, 0.5) is 0 Å². The largest absolute Gasteiger partial charge is 0.497 e. The van der Waals surface area contributed by atoms with Crippen molar-refractivity contribution >= 4 is 11.6 Å². The van der Waals surface area contributed by atoms with E-state index >= 15 is 0 Å². The Kier molecular flexibility index (Phi) is 5.77. The molecule has 1 heterocycles. The van der Waals surface area contributed by atoms with Gasteiger partial charge in [0.1, 0.15) is 5.75 Å². The first-order valence-corrected chi connectivity index (χ1v) is 8.77. The number of halogens is 1. The molecule has 0 aromatic heterocycles. The van der Waals surface area contributed by atoms with Gasteiger partial charge in [0.2, 0.25) is 0 Å². The number of hydrogen-bond acceptors (Lipinski definition) is 3. The predicted octanol–water partition coefficient (Wildman–Crippen LogP) is 4.19. The van der Waals surface area contributed by atoms with Gasteiger partial charge in [0.05, 0.1) is 7.11 Å². The SMILES string of the molecule is COc1cccc(CNCC2(c3ccc(Cl)cc3)CCOCC2)c1. The van der Waals surface area contributed by atoms with Gasteiger partial charge in [0.15, 0.2) is 0 Å². The third kappa shape index (κ3) is 4.10. The Morgan fingerprint density at radius 1 is 1.12 bits per heavy atom. The minimum absolute atomic E-state index is 0.113. The maximum absolute atomic E-state index is 6.06. The molecule has 0 spiro atoms. The minimum Gasteiger partial charge on any atom is -0.497 e. The van der Waals surface area contributed by atoms with Crippen molar-refractivity contribution in [2.45, 2.75) is 24.8 Å². The van der Waals surface area contributed by atoms with Crippen LogP contribution >= 0.6 is 11.6 Å². The molecule has 4 heteroatoms. The van der Waals surface area contributed by atoms with Gasteiger partial charge in [-0.1, -0.05) is 35.9 Å². The Morgan fingerprint density at radius 2 is 1.88 bits per heavy atom. The molecule has 0 aliphatic carbocycles. The highest BCUT2D eigenvalue weighted by atomic mass is 35.5. The summed E-state index contributed by atoms with van der Waals surface area (Å²) < 4.78 is 10.9. The maximum Gasteiger partial charge on any atom is 0.119 e. The second-order valence-electron chi connectivity index (χ2n) is 6.35. The van der Waals surface area contributed by atoms with Crippen molar-refractivity contribution in [3.8, 4) is 5.75 Å². The molecular formula is C20H24ClNO2. The molecule has 24 heavy (non-hydrogen) atoms. The molecular weight excluding hydrogens is 322 g/mol. The van der Waals surface area contributed by atoms with Gasteiger partial charge in [0, 0.05) is 36.7 Å². The number of benzene rings is 2. The van der Waals surface area contributed by atoms with Crippen LogP contribution in [0.2, 0.25) is 5.02 Å². The molecule has 2 aromatic rings. The second kappa shape index (κ2) is 8.02. The third-order valence-corrected chi connectivity index (χ3v) is 5.09. The standard InChI is InChI=1S/C20H24ClNO2/c1-23-19-4-2-3-16(13-19)14-22-15-20(9-11-24-12-10-20)17-5-7-18(21)8-6-17/h2-8,13,22H,9-12,14-15H2,1H3. The summed E-state index contributed by atoms with van der Waals surface area (Å²) >= 11 is 6.06. The second-order valence-corrected chi connectivity index (χ2v) is 6.79. The Labute approximate surface area is 148 Å². The summed E-state index contributed by atoms with van der Waals surface area (Å²) in [6.07, 6.45) is 2.06. The van der Waals surface area contributed by atoms with E-state index in [2.05, 4.69) is 29.6 Å². The van der Waals surface area contributed by atoms with Crippen molar-refractivity contribution in [3.63, 3.8) is 0 Å². The molecule has 0 atom stereocenters. The van der Waals surface area contributed by atoms with Crippen LogP contribution in [-0.4, -0.2) is 26.9 Å². The lowest BCUT2D eigenvalue weighted by Crippen LogP contribution is -2.42. The van der Waals surface area contributed by atoms with Crippen LogP contribution < -0.4 is 10.1 Å². The van der Waals surface area contributed by atoms with Gasteiger partial charge in [-0.2, -0.15) is 0 Å². The van der Waals surface area contributed by atoms with Gasteiger partial charge in [-0.25, -0.2) is 0 Å². The zero-order valence-electron chi connectivity index (χ0n) is 14.1. The molecule has 0 amide bonds. The molecule has 3 rings (SSSR count). The lowest BCUT2D eigenvalue weighted by molar-refractivity contribution is 0.0498. The number of methoxy groups -OCH3 is 1. The number of rotatable bonds is 6. The number of ether oxygens (including phenoxy) is 2. The summed E-state index contributed by atoms with van der Waals surface area (Å²) in [4.78, 5) is 0. The first kappa shape index (κ1) is 17.3. The topological polar surface area (TPSA) is 30.5 Å². The maximum atomic E-state index is 6.06. The highest BCUT2D eigenvalue weighted by molar-refractivity contribution is 6.30. The summed E-state index contributed by atoms with van der Waals surface area (Å²) in [5.41, 5.74) is 2.68. The summed E-state index contributed by atoms with van der Waals surface area (Å²) in [5.74, 6) is 0.896. The van der Waals surface area contributed by atoms with E-state index in [0.717, 1.165) is 49.9 Å². The fourth-order valence-electron chi connectivity index (χ4n) is 3.36. The molecule has 0 radical (unpaired) electrons. The fraction of sp³-hybridized carbons (Fsp3) is 0.400. The molecule has 2 aromatic carbocycles. The van der Waals surface area contributed by atoms with E-state index in [9.17, 15) is 0 Å². The molecule has 0 saturated carbocycles. The smallest absolute Gasteiger partial charge is 0.119 e. The molecule has 1 aliphatic heterocycles. The predicted molar refractivity (Wildman–Crippen MR) is 97.9 cm³/mol. The number of nitrogens with one attached hydrogen (secondary N) is 1. The molecule has 128 valence electrons. The quantitative estimate of drug-likeness (QED) is 0.851. The summed E-state index contributed by atoms with van der Waals surface area (Å²) in [5, 5.41) is 4.42. The normalized spacial score (nSPS) is 16.8. The summed E-state index contributed by atoms with van der Waals surface area (Å²) in [6.45, 7) is 3.37. The molecule has 0 bridgehead atoms. The first-order chi connectivity index (χ1) is 11.7. The van der Waals surface area contributed by atoms with Gasteiger partial charge < -0.3 is 14.8 Å². The minimum atomic E-state index is 0.113. The molecule has 1 saturated heterocycles. The van der Waals surface area contributed by atoms with E-state index in [1.54, 1.807) is 7.11 Å². The molecule has 1 aliphatic rings. The zero-order chi connectivity index (χ0) is 16.8. The van der Waals surface area contributed by atoms with Gasteiger partial charge in [-0.3, -0.25) is 0 Å². The van der Waals surface area contributed by atoms with Crippen LogP contribution in [0.25, 0.3) is 0 Å². The van der Waals surface area contributed by atoms with E-state index in [-0.39, 0.29) is 5.41 Å². The van der Waals surface area contributed by atoms with Gasteiger partial charge in [0.25, 0.3) is 0 Å². The van der Waals surface area contributed by atoms with Gasteiger partial charge in [-0.05, 0) is 48.2 Å². The van der Waals surface area contributed by atoms with Gasteiger partial charge in [-0.15, -0.1) is 0 Å². The average Bonchev–Trinajstić information content (AvgIpc) is 2.63. The van der Waals surface area contributed by atoms with Crippen LogP contribution in [0.15, 0.2) is 48.5 Å². The molecule has 1 fully saturated rings. The zero-order valence-corrected chi connectivity index (χ0v) is 14.8. The van der Waals surface area contributed by atoms with E-state index in [4.69, 9.17) is 21.1 Å². The lowest BCUT2D eigenvalue weighted by atomic mass is 9.74. The van der Waals surface area contributed by atoms with Crippen molar-refractivity contribution in [1.29, 1.82) is 0 Å². The lowest BCUT2D eigenvalue weighted by Gasteiger charge is -2.38. The van der Waals surface area contributed by atoms with Crippen molar-refractivity contribution in [3.05, 3.63) is 64.7 Å². The highest BCUT2D eigenvalue weighted by Gasteiger charge is 2.34. The van der Waals surface area contributed by atoms with E-state index in [1.165, 1.54) is 11.1 Å². The Balaban J connectivity index is 1.69. The van der Waals surface area contributed by atoms with E-state index in [1.807, 2.05) is 24.3 Å². The van der Waals surface area contributed by atoms with Crippen LogP contribution in [0, 0.1) is 0 Å². The fourth-order valence-corrected chi connectivity index (χ4v) is 3.49. The number of hydrogen-bond donors (Lipinski definition) is 1. The highest BCUT2D eigenvalue weighted by Crippen LogP contribution is 2.35. The van der Waals surface area contributed by atoms with Crippen LogP contribution in [0.5, 0.6) is 5.75 Å². The third-order valence-electron chi connectivity index (χ3n) is 4.83. The summed E-state index contributed by atoms with van der Waals surface area (Å²) in [6, 6.07) is 16.5. The van der Waals surface area contributed by atoms with Crippen LogP contribution in [0.1, 0.15) is 24.0 Å². The van der Waals surface area contributed by atoms with Crippen LogP contribution in [-0.2, 0) is 16.7 Å². The molecule has 0 unspecified atom stereocenters. The van der Waals surface area contributed by atoms with Crippen LogP contribution in [0.3, 0.4) is 0 Å². The first-order valence-electron chi connectivity index (χ1n) is 8.39. The van der Waals surface area contributed by atoms with Crippen molar-refractivity contribution < 1.29 is 9.47 Å². The van der Waals surface area contributed by atoms with E-state index < -0.39 is 0 Å².